The van der Waals surface area contributed by atoms with Crippen LogP contribution in [0.15, 0.2) is 48.5 Å². The van der Waals surface area contributed by atoms with Crippen LogP contribution in [-0.2, 0) is 0 Å². The summed E-state index contributed by atoms with van der Waals surface area (Å²) in [5, 5.41) is 20.9. The molecule has 0 heterocycles. The first-order valence-corrected chi connectivity index (χ1v) is 7.30. The van der Waals surface area contributed by atoms with Gasteiger partial charge in [-0.15, -0.1) is 0 Å². The number of hydrogen-bond acceptors (Lipinski definition) is 4. The first kappa shape index (κ1) is 16.5. The number of aliphatic hydroxyl groups excluding tert-OH is 1. The zero-order valence-corrected chi connectivity index (χ0v) is 12.8. The van der Waals surface area contributed by atoms with Crippen LogP contribution in [-0.4, -0.2) is 24.2 Å². The maximum Gasteiger partial charge on any atom is 0.255 e. The van der Waals surface area contributed by atoms with Gasteiger partial charge < -0.3 is 15.2 Å². The molecule has 0 radical (unpaired) electrons. The molecule has 2 N–H and O–H groups in total. The predicted octanol–water partition coefficient (Wildman–Crippen LogP) is 2.71. The van der Waals surface area contributed by atoms with E-state index in [1.54, 1.807) is 48.5 Å². The van der Waals surface area contributed by atoms with Crippen LogP contribution in [0.4, 0.5) is 0 Å². The fourth-order valence-corrected chi connectivity index (χ4v) is 1.94. The number of ether oxygens (including phenoxy) is 1. The third-order valence-electron chi connectivity index (χ3n) is 3.28. The van der Waals surface area contributed by atoms with Crippen LogP contribution in [0.25, 0.3) is 0 Å². The molecule has 23 heavy (non-hydrogen) atoms. The van der Waals surface area contributed by atoms with Gasteiger partial charge in [0.1, 0.15) is 17.6 Å². The zero-order valence-electron chi connectivity index (χ0n) is 12.8. The highest BCUT2D eigenvalue weighted by Gasteiger charge is 2.14. The summed E-state index contributed by atoms with van der Waals surface area (Å²) in [4.78, 5) is 12.3. The van der Waals surface area contributed by atoms with Crippen molar-refractivity contribution in [1.82, 2.24) is 5.32 Å². The molecular formula is C18H18N2O3. The molecule has 2 aromatic rings. The number of nitrogens with zero attached hydrogens (tertiary/aromatic N) is 1. The molecule has 0 saturated carbocycles. The van der Waals surface area contributed by atoms with E-state index in [9.17, 15) is 4.79 Å². The number of hydrogen-bond donors (Lipinski definition) is 2. The Hall–Kier alpha value is -2.84. The fraction of sp³-hybridized carbons (Fsp3) is 0.222. The van der Waals surface area contributed by atoms with Crippen LogP contribution in [0.1, 0.15) is 22.8 Å². The quantitative estimate of drug-likeness (QED) is 0.859. The molecule has 118 valence electrons. The van der Waals surface area contributed by atoms with Crippen molar-refractivity contribution in [2.45, 2.75) is 6.92 Å². The standard InChI is InChI=1S/C18H18N2O3/c1-13(12-21)11-20-18(22)15-7-3-5-9-17(15)23-16-8-4-2-6-14(16)10-19/h2-9,13,21H,11-12H2,1H3,(H,20,22)/t13-/m0/s1. The van der Waals surface area contributed by atoms with Gasteiger partial charge in [-0.1, -0.05) is 31.2 Å². The zero-order chi connectivity index (χ0) is 16.7. The first-order valence-electron chi connectivity index (χ1n) is 7.30. The molecule has 5 nitrogen and oxygen atoms in total. The summed E-state index contributed by atoms with van der Waals surface area (Å²) in [5.41, 5.74) is 0.780. The number of carbonyl (C=O) groups excluding carboxylic acids is 1. The Kier molecular flexibility index (Phi) is 5.73. The first-order chi connectivity index (χ1) is 11.2. The molecule has 2 rings (SSSR count). The van der Waals surface area contributed by atoms with E-state index in [0.717, 1.165) is 0 Å². The topological polar surface area (TPSA) is 82.3 Å². The second-order valence-electron chi connectivity index (χ2n) is 5.20. The van der Waals surface area contributed by atoms with Crippen molar-refractivity contribution >= 4 is 5.91 Å². The van der Waals surface area contributed by atoms with Crippen molar-refractivity contribution in [3.8, 4) is 17.6 Å². The van der Waals surface area contributed by atoms with E-state index in [2.05, 4.69) is 11.4 Å². The second kappa shape index (κ2) is 7.97. The minimum atomic E-state index is -0.282. The lowest BCUT2D eigenvalue weighted by molar-refractivity contribution is 0.0940. The molecule has 2 aromatic carbocycles. The number of amides is 1. The number of nitrogens with one attached hydrogen (secondary N) is 1. The lowest BCUT2D eigenvalue weighted by atomic mass is 10.1. The second-order valence-corrected chi connectivity index (χ2v) is 5.20. The molecule has 0 aliphatic rings. The number of aliphatic hydroxyl groups is 1. The molecule has 1 atom stereocenters. The highest BCUT2D eigenvalue weighted by Crippen LogP contribution is 2.27. The summed E-state index contributed by atoms with van der Waals surface area (Å²) in [6.07, 6.45) is 0. The van der Waals surface area contributed by atoms with Crippen molar-refractivity contribution < 1.29 is 14.6 Å². The summed E-state index contributed by atoms with van der Waals surface area (Å²) >= 11 is 0. The van der Waals surface area contributed by atoms with Gasteiger partial charge in [0.15, 0.2) is 0 Å². The third-order valence-corrected chi connectivity index (χ3v) is 3.28. The predicted molar refractivity (Wildman–Crippen MR) is 86.3 cm³/mol. The van der Waals surface area contributed by atoms with Crippen molar-refractivity contribution in [3.63, 3.8) is 0 Å². The van der Waals surface area contributed by atoms with Gasteiger partial charge in [-0.3, -0.25) is 4.79 Å². The van der Waals surface area contributed by atoms with E-state index in [0.29, 0.717) is 29.2 Å². The molecular weight excluding hydrogens is 292 g/mol. The van der Waals surface area contributed by atoms with E-state index in [-0.39, 0.29) is 18.4 Å². The summed E-state index contributed by atoms with van der Waals surface area (Å²) in [7, 11) is 0. The summed E-state index contributed by atoms with van der Waals surface area (Å²) in [6, 6.07) is 15.8. The Bertz CT molecular complexity index is 722. The SMILES string of the molecule is C[C@H](CO)CNC(=O)c1ccccc1Oc1ccccc1C#N. The van der Waals surface area contributed by atoms with Crippen molar-refractivity contribution in [3.05, 3.63) is 59.7 Å². The van der Waals surface area contributed by atoms with Crippen LogP contribution >= 0.6 is 0 Å². The number of carbonyl (C=O) groups is 1. The van der Waals surface area contributed by atoms with Gasteiger partial charge in [0.2, 0.25) is 0 Å². The number of para-hydroxylation sites is 2. The van der Waals surface area contributed by atoms with Gasteiger partial charge in [0.25, 0.3) is 5.91 Å². The molecule has 0 bridgehead atoms. The van der Waals surface area contributed by atoms with Gasteiger partial charge in [0.05, 0.1) is 11.1 Å². The van der Waals surface area contributed by atoms with Crippen molar-refractivity contribution in [2.24, 2.45) is 5.92 Å². The Morgan fingerprint density at radius 1 is 1.22 bits per heavy atom. The summed E-state index contributed by atoms with van der Waals surface area (Å²) < 4.78 is 5.75. The normalized spacial score (nSPS) is 11.3. The Balaban J connectivity index is 2.21. The van der Waals surface area contributed by atoms with Gasteiger partial charge in [0, 0.05) is 13.2 Å². The minimum Gasteiger partial charge on any atom is -0.455 e. The molecule has 0 aliphatic carbocycles. The van der Waals surface area contributed by atoms with E-state index in [1.165, 1.54) is 0 Å². The van der Waals surface area contributed by atoms with E-state index < -0.39 is 0 Å². The van der Waals surface area contributed by atoms with Crippen LogP contribution in [0.5, 0.6) is 11.5 Å². The fourth-order valence-electron chi connectivity index (χ4n) is 1.94. The molecule has 5 heteroatoms. The van der Waals surface area contributed by atoms with Gasteiger partial charge >= 0.3 is 0 Å². The van der Waals surface area contributed by atoms with Crippen molar-refractivity contribution in [2.75, 3.05) is 13.2 Å². The van der Waals surface area contributed by atoms with Crippen molar-refractivity contribution in [1.29, 1.82) is 5.26 Å². The maximum absolute atomic E-state index is 12.3. The molecule has 0 spiro atoms. The van der Waals surface area contributed by atoms with Gasteiger partial charge in [-0.2, -0.15) is 5.26 Å². The average Bonchev–Trinajstić information content (AvgIpc) is 2.60. The van der Waals surface area contributed by atoms with Crippen LogP contribution < -0.4 is 10.1 Å². The van der Waals surface area contributed by atoms with E-state index in [4.69, 9.17) is 15.1 Å². The van der Waals surface area contributed by atoms with E-state index in [1.807, 2.05) is 6.92 Å². The van der Waals surface area contributed by atoms with Gasteiger partial charge in [-0.05, 0) is 30.2 Å². The highest BCUT2D eigenvalue weighted by atomic mass is 16.5. The average molecular weight is 310 g/mol. The largest absolute Gasteiger partial charge is 0.455 e. The number of benzene rings is 2. The summed E-state index contributed by atoms with van der Waals surface area (Å²) in [5.74, 6) is 0.477. The Morgan fingerprint density at radius 3 is 2.57 bits per heavy atom. The minimum absolute atomic E-state index is 0.00791. The van der Waals surface area contributed by atoms with Crippen LogP contribution in [0.2, 0.25) is 0 Å². The monoisotopic (exact) mass is 310 g/mol. The smallest absolute Gasteiger partial charge is 0.255 e. The molecule has 0 saturated heterocycles. The molecule has 0 fully saturated rings. The lowest BCUT2D eigenvalue weighted by Gasteiger charge is -2.13. The Labute approximate surface area is 135 Å². The van der Waals surface area contributed by atoms with Gasteiger partial charge in [-0.25, -0.2) is 0 Å². The van der Waals surface area contributed by atoms with Crippen LogP contribution in [0, 0.1) is 17.2 Å². The molecule has 0 aliphatic heterocycles. The number of rotatable bonds is 6. The molecule has 0 aromatic heterocycles. The molecule has 1 amide bonds. The molecule has 0 unspecified atom stereocenters. The summed E-state index contributed by atoms with van der Waals surface area (Å²) in [6.45, 7) is 2.22. The lowest BCUT2D eigenvalue weighted by Crippen LogP contribution is -2.29. The maximum atomic E-state index is 12.3. The van der Waals surface area contributed by atoms with Crippen LogP contribution in [0.3, 0.4) is 0 Å². The third kappa shape index (κ3) is 4.31. The number of nitriles is 1. The Morgan fingerprint density at radius 2 is 1.87 bits per heavy atom. The highest BCUT2D eigenvalue weighted by molar-refractivity contribution is 5.97. The van der Waals surface area contributed by atoms with E-state index >= 15 is 0 Å².